The minimum atomic E-state index is -0.403. The highest BCUT2D eigenvalue weighted by Gasteiger charge is 2.62. The molecule has 4 rings (SSSR count). The summed E-state index contributed by atoms with van der Waals surface area (Å²) in [7, 11) is 0. The molecule has 0 aliphatic heterocycles. The fourth-order valence-electron chi connectivity index (χ4n) is 7.38. The van der Waals surface area contributed by atoms with Crippen molar-refractivity contribution in [3.8, 4) is 0 Å². The lowest BCUT2D eigenvalue weighted by atomic mass is 9.48. The number of hydrogen-bond donors (Lipinski definition) is 1. The molecule has 3 fully saturated rings. The third-order valence-electron chi connectivity index (χ3n) is 8.67. The van der Waals surface area contributed by atoms with E-state index in [1.54, 1.807) is 5.57 Å². The van der Waals surface area contributed by atoms with E-state index >= 15 is 0 Å². The quantitative estimate of drug-likeness (QED) is 0.677. The smallest absolute Gasteiger partial charge is 0.0701 e. The van der Waals surface area contributed by atoms with Crippen molar-refractivity contribution < 1.29 is 5.11 Å². The molecule has 0 aromatic rings. The summed E-state index contributed by atoms with van der Waals surface area (Å²) in [6.07, 6.45) is 12.0. The Morgan fingerprint density at radius 2 is 2.04 bits per heavy atom. The first kappa shape index (κ1) is 15.9. The first-order valence-electron chi connectivity index (χ1n) is 10.0. The third kappa shape index (κ3) is 2.08. The first-order chi connectivity index (χ1) is 10.9. The van der Waals surface area contributed by atoms with Crippen LogP contribution in [-0.2, 0) is 0 Å². The standard InChI is InChI=1S/C22H34O/c1-5-22(23)11-9-19-20-15(3)13-16-12-14(2)6-7-17(16)18(20)8-10-21(19,22)4/h12,15,17-20,23H,2,5-11,13H2,1,3-4H3/t15-,17+,18-,19+,20-,21+,22+/m1/s1. The molecule has 1 heteroatoms. The van der Waals surface area contributed by atoms with E-state index in [4.69, 9.17) is 0 Å². The normalized spacial score (nSPS) is 52.4. The molecule has 0 aromatic carbocycles. The fourth-order valence-corrected chi connectivity index (χ4v) is 7.38. The molecule has 0 saturated heterocycles. The highest BCUT2D eigenvalue weighted by Crippen LogP contribution is 2.66. The molecule has 23 heavy (non-hydrogen) atoms. The predicted molar refractivity (Wildman–Crippen MR) is 96.0 cm³/mol. The monoisotopic (exact) mass is 314 g/mol. The SMILES string of the molecule is C=C1C=C2C[C@@H](C)[C@@H]3[C@H](CC[C@@]4(C)[C@H]3CC[C@@]4(O)CC)[C@H]2CC1. The molecule has 1 N–H and O–H groups in total. The highest BCUT2D eigenvalue weighted by molar-refractivity contribution is 5.30. The highest BCUT2D eigenvalue weighted by atomic mass is 16.3. The summed E-state index contributed by atoms with van der Waals surface area (Å²) < 4.78 is 0. The van der Waals surface area contributed by atoms with Crippen molar-refractivity contribution in [2.45, 2.75) is 77.7 Å². The maximum atomic E-state index is 11.3. The van der Waals surface area contributed by atoms with Gasteiger partial charge in [0.05, 0.1) is 5.60 Å². The lowest BCUT2D eigenvalue weighted by Gasteiger charge is -2.57. The Labute approximate surface area is 142 Å². The Hall–Kier alpha value is -0.560. The second kappa shape index (κ2) is 5.22. The van der Waals surface area contributed by atoms with Crippen LogP contribution in [0.4, 0.5) is 0 Å². The van der Waals surface area contributed by atoms with Crippen LogP contribution >= 0.6 is 0 Å². The van der Waals surface area contributed by atoms with Crippen LogP contribution in [0, 0.1) is 35.0 Å². The van der Waals surface area contributed by atoms with Crippen molar-refractivity contribution in [3.05, 3.63) is 23.8 Å². The topological polar surface area (TPSA) is 20.2 Å². The Morgan fingerprint density at radius 1 is 1.26 bits per heavy atom. The maximum absolute atomic E-state index is 11.3. The molecule has 0 radical (unpaired) electrons. The molecule has 0 aromatic heterocycles. The van der Waals surface area contributed by atoms with Crippen molar-refractivity contribution in [2.24, 2.45) is 35.0 Å². The zero-order chi connectivity index (χ0) is 16.4. The molecule has 1 nitrogen and oxygen atoms in total. The van der Waals surface area contributed by atoms with Crippen LogP contribution in [0.2, 0.25) is 0 Å². The summed E-state index contributed by atoms with van der Waals surface area (Å²) in [5, 5.41) is 11.3. The van der Waals surface area contributed by atoms with E-state index in [0.29, 0.717) is 0 Å². The molecular weight excluding hydrogens is 280 g/mol. The van der Waals surface area contributed by atoms with Gasteiger partial charge in [-0.25, -0.2) is 0 Å². The van der Waals surface area contributed by atoms with E-state index < -0.39 is 5.60 Å². The Bertz CT molecular complexity index is 546. The van der Waals surface area contributed by atoms with Crippen LogP contribution in [0.1, 0.15) is 72.1 Å². The van der Waals surface area contributed by atoms with Crippen LogP contribution in [0.5, 0.6) is 0 Å². The number of hydrogen-bond acceptors (Lipinski definition) is 1. The molecule has 0 heterocycles. The molecule has 0 spiro atoms. The van der Waals surface area contributed by atoms with Gasteiger partial charge in [0.15, 0.2) is 0 Å². The van der Waals surface area contributed by atoms with Crippen LogP contribution in [0.25, 0.3) is 0 Å². The molecule has 3 saturated carbocycles. The molecule has 4 aliphatic carbocycles. The summed E-state index contributed by atoms with van der Waals surface area (Å²) in [6.45, 7) is 11.3. The van der Waals surface area contributed by atoms with Crippen molar-refractivity contribution in [1.82, 2.24) is 0 Å². The van der Waals surface area contributed by atoms with E-state index in [2.05, 4.69) is 33.4 Å². The second-order valence-corrected chi connectivity index (χ2v) is 9.43. The Kier molecular flexibility index (Phi) is 3.61. The van der Waals surface area contributed by atoms with Crippen molar-refractivity contribution in [2.75, 3.05) is 0 Å². The number of rotatable bonds is 1. The molecule has 7 atom stereocenters. The van der Waals surface area contributed by atoms with Gasteiger partial charge < -0.3 is 5.11 Å². The van der Waals surface area contributed by atoms with Gasteiger partial charge in [0, 0.05) is 0 Å². The number of fused-ring (bicyclic) bond motifs is 5. The lowest BCUT2D eigenvalue weighted by Crippen LogP contribution is -2.54. The van der Waals surface area contributed by atoms with Crippen molar-refractivity contribution >= 4 is 0 Å². The average Bonchev–Trinajstić information content (AvgIpc) is 2.79. The Morgan fingerprint density at radius 3 is 2.78 bits per heavy atom. The van der Waals surface area contributed by atoms with Crippen molar-refractivity contribution in [1.29, 1.82) is 0 Å². The summed E-state index contributed by atoms with van der Waals surface area (Å²) >= 11 is 0. The van der Waals surface area contributed by atoms with Gasteiger partial charge >= 0.3 is 0 Å². The van der Waals surface area contributed by atoms with E-state index in [1.807, 2.05) is 0 Å². The molecule has 4 aliphatic rings. The number of allylic oxidation sites excluding steroid dienone is 3. The summed E-state index contributed by atoms with van der Waals surface area (Å²) in [4.78, 5) is 0. The molecular formula is C22H34O. The van der Waals surface area contributed by atoms with Gasteiger partial charge in [0.1, 0.15) is 0 Å². The van der Waals surface area contributed by atoms with E-state index in [9.17, 15) is 5.11 Å². The summed E-state index contributed by atoms with van der Waals surface area (Å²) in [5.74, 6) is 4.05. The van der Waals surface area contributed by atoms with Crippen LogP contribution < -0.4 is 0 Å². The summed E-state index contributed by atoms with van der Waals surface area (Å²) in [6, 6.07) is 0. The van der Waals surface area contributed by atoms with Gasteiger partial charge in [0.25, 0.3) is 0 Å². The van der Waals surface area contributed by atoms with Gasteiger partial charge in [-0.15, -0.1) is 0 Å². The zero-order valence-electron chi connectivity index (χ0n) is 15.3. The zero-order valence-corrected chi connectivity index (χ0v) is 15.3. The van der Waals surface area contributed by atoms with Gasteiger partial charge in [-0.1, -0.05) is 44.6 Å². The number of aliphatic hydroxyl groups is 1. The minimum absolute atomic E-state index is 0.163. The Balaban J connectivity index is 1.68. The predicted octanol–water partition coefficient (Wildman–Crippen LogP) is 5.50. The third-order valence-corrected chi connectivity index (χ3v) is 8.67. The minimum Gasteiger partial charge on any atom is -0.389 e. The first-order valence-corrected chi connectivity index (χ1v) is 10.0. The van der Waals surface area contributed by atoms with E-state index in [1.165, 1.54) is 44.1 Å². The van der Waals surface area contributed by atoms with E-state index in [0.717, 1.165) is 42.4 Å². The molecule has 128 valence electrons. The van der Waals surface area contributed by atoms with Gasteiger partial charge in [-0.3, -0.25) is 0 Å². The largest absolute Gasteiger partial charge is 0.389 e. The van der Waals surface area contributed by atoms with Crippen LogP contribution in [0.3, 0.4) is 0 Å². The van der Waals surface area contributed by atoms with E-state index in [-0.39, 0.29) is 5.41 Å². The van der Waals surface area contributed by atoms with Gasteiger partial charge in [-0.2, -0.15) is 0 Å². The lowest BCUT2D eigenvalue weighted by molar-refractivity contribution is -0.127. The molecule has 0 unspecified atom stereocenters. The molecule has 0 bridgehead atoms. The van der Waals surface area contributed by atoms with Crippen LogP contribution in [-0.4, -0.2) is 10.7 Å². The van der Waals surface area contributed by atoms with Crippen molar-refractivity contribution in [3.63, 3.8) is 0 Å². The fraction of sp³-hybridized carbons (Fsp3) is 0.818. The van der Waals surface area contributed by atoms with Crippen LogP contribution in [0.15, 0.2) is 23.8 Å². The van der Waals surface area contributed by atoms with Gasteiger partial charge in [0.2, 0.25) is 0 Å². The second-order valence-electron chi connectivity index (χ2n) is 9.43. The van der Waals surface area contributed by atoms with Gasteiger partial charge in [-0.05, 0) is 86.4 Å². The summed E-state index contributed by atoms with van der Waals surface area (Å²) in [5.41, 5.74) is 2.82. The maximum Gasteiger partial charge on any atom is 0.0701 e. The molecule has 0 amide bonds. The average molecular weight is 315 g/mol.